The van der Waals surface area contributed by atoms with Gasteiger partial charge >= 0.3 is 0 Å². The van der Waals surface area contributed by atoms with Crippen LogP contribution in [0.4, 0.5) is 8.78 Å². The van der Waals surface area contributed by atoms with Crippen LogP contribution in [0.15, 0.2) is 36.4 Å². The van der Waals surface area contributed by atoms with E-state index in [9.17, 15) is 8.78 Å². The number of hydrogen-bond acceptors (Lipinski definition) is 2. The summed E-state index contributed by atoms with van der Waals surface area (Å²) in [5.74, 6) is 0. The number of halogens is 3. The molecule has 2 rings (SSSR count). The normalized spacial score (nSPS) is 11.1. The Bertz CT molecular complexity index is 513. The zero-order valence-electron chi connectivity index (χ0n) is 9.50. The van der Waals surface area contributed by atoms with Gasteiger partial charge in [-0.25, -0.2) is 8.78 Å². The number of alkyl halides is 2. The molecular formula is C13H12ClF2NS. The highest BCUT2D eigenvalue weighted by Gasteiger charge is 2.06. The highest BCUT2D eigenvalue weighted by atomic mass is 35.5. The van der Waals surface area contributed by atoms with E-state index in [0.29, 0.717) is 13.1 Å². The molecule has 0 aliphatic rings. The van der Waals surface area contributed by atoms with Crippen LogP contribution in [0.3, 0.4) is 0 Å². The van der Waals surface area contributed by atoms with Gasteiger partial charge in [-0.2, -0.15) is 0 Å². The molecule has 0 aliphatic heterocycles. The first-order valence-corrected chi connectivity index (χ1v) is 6.66. The first kappa shape index (κ1) is 13.5. The summed E-state index contributed by atoms with van der Waals surface area (Å²) in [5, 5.41) is 3.20. The Labute approximate surface area is 113 Å². The lowest BCUT2D eigenvalue weighted by molar-refractivity contribution is 0.151. The summed E-state index contributed by atoms with van der Waals surface area (Å²) >= 11 is 7.33. The average molecular weight is 288 g/mol. The van der Waals surface area contributed by atoms with Crippen molar-refractivity contribution in [3.63, 3.8) is 0 Å². The molecule has 1 aromatic carbocycles. The molecule has 0 bridgehead atoms. The van der Waals surface area contributed by atoms with Crippen LogP contribution < -0.4 is 5.32 Å². The fraction of sp³-hybridized carbons (Fsp3) is 0.231. The Morgan fingerprint density at radius 1 is 1.17 bits per heavy atom. The van der Waals surface area contributed by atoms with E-state index in [1.165, 1.54) is 23.5 Å². The summed E-state index contributed by atoms with van der Waals surface area (Å²) < 4.78 is 25.8. The molecule has 0 radical (unpaired) electrons. The third kappa shape index (κ3) is 3.77. The van der Waals surface area contributed by atoms with Gasteiger partial charge in [-0.3, -0.25) is 0 Å². The molecule has 1 N–H and O–H groups in total. The molecule has 0 spiro atoms. The minimum absolute atomic E-state index is 0.0634. The second-order valence-electron chi connectivity index (χ2n) is 3.86. The zero-order valence-corrected chi connectivity index (χ0v) is 11.1. The third-order valence-electron chi connectivity index (χ3n) is 2.46. The summed E-state index contributed by atoms with van der Waals surface area (Å²) in [4.78, 5) is 1.13. The van der Waals surface area contributed by atoms with Crippen LogP contribution in [0, 0.1) is 0 Å². The van der Waals surface area contributed by atoms with Crippen LogP contribution in [0.2, 0.25) is 4.34 Å². The Hall–Kier alpha value is -0.970. The second-order valence-corrected chi connectivity index (χ2v) is 5.65. The van der Waals surface area contributed by atoms with Gasteiger partial charge in [-0.05, 0) is 23.8 Å². The first-order chi connectivity index (χ1) is 8.65. The molecule has 0 unspecified atom stereocenters. The summed E-state index contributed by atoms with van der Waals surface area (Å²) in [6.07, 6.45) is -2.42. The highest BCUT2D eigenvalue weighted by molar-refractivity contribution is 7.16. The summed E-state index contributed by atoms with van der Waals surface area (Å²) in [6, 6.07) is 10.3. The lowest BCUT2D eigenvalue weighted by Crippen LogP contribution is -2.11. The van der Waals surface area contributed by atoms with Crippen molar-refractivity contribution < 1.29 is 8.78 Å². The van der Waals surface area contributed by atoms with Crippen molar-refractivity contribution in [1.82, 2.24) is 5.32 Å². The fourth-order valence-electron chi connectivity index (χ4n) is 1.62. The van der Waals surface area contributed by atoms with Gasteiger partial charge in [0.1, 0.15) is 0 Å². The Balaban J connectivity index is 1.88. The number of benzene rings is 1. The Morgan fingerprint density at radius 2 is 2.00 bits per heavy atom. The topological polar surface area (TPSA) is 12.0 Å². The second kappa shape index (κ2) is 6.27. The van der Waals surface area contributed by atoms with Crippen molar-refractivity contribution in [2.75, 3.05) is 0 Å². The molecule has 96 valence electrons. The Morgan fingerprint density at radius 3 is 2.67 bits per heavy atom. The monoisotopic (exact) mass is 287 g/mol. The summed E-state index contributed by atoms with van der Waals surface area (Å²) in [5.41, 5.74) is 0.920. The molecule has 1 heterocycles. The largest absolute Gasteiger partial charge is 0.308 e. The van der Waals surface area contributed by atoms with Gasteiger partial charge in [0, 0.05) is 23.5 Å². The van der Waals surface area contributed by atoms with Crippen LogP contribution in [-0.4, -0.2) is 0 Å². The fourth-order valence-corrected chi connectivity index (χ4v) is 2.67. The van der Waals surface area contributed by atoms with E-state index in [0.717, 1.165) is 14.8 Å². The molecule has 0 saturated heterocycles. The predicted octanol–water partition coefficient (Wildman–Crippen LogP) is 4.63. The smallest absolute Gasteiger partial charge is 0.263 e. The molecule has 0 saturated carbocycles. The van der Waals surface area contributed by atoms with E-state index >= 15 is 0 Å². The van der Waals surface area contributed by atoms with Gasteiger partial charge in [0.15, 0.2) is 0 Å². The van der Waals surface area contributed by atoms with E-state index in [-0.39, 0.29) is 5.56 Å². The Kier molecular flexibility index (Phi) is 4.69. The van der Waals surface area contributed by atoms with Gasteiger partial charge in [0.25, 0.3) is 6.43 Å². The molecule has 0 fully saturated rings. The molecular weight excluding hydrogens is 276 g/mol. The molecule has 18 heavy (non-hydrogen) atoms. The lowest BCUT2D eigenvalue weighted by Gasteiger charge is -2.05. The van der Waals surface area contributed by atoms with Crippen LogP contribution in [0.1, 0.15) is 22.4 Å². The van der Waals surface area contributed by atoms with Gasteiger partial charge < -0.3 is 5.32 Å². The van der Waals surface area contributed by atoms with Gasteiger partial charge in [0.2, 0.25) is 0 Å². The van der Waals surface area contributed by atoms with Crippen LogP contribution in [-0.2, 0) is 13.1 Å². The average Bonchev–Trinajstić information content (AvgIpc) is 2.75. The summed E-state index contributed by atoms with van der Waals surface area (Å²) in [6.45, 7) is 1.26. The van der Waals surface area contributed by atoms with Gasteiger partial charge in [-0.1, -0.05) is 29.8 Å². The van der Waals surface area contributed by atoms with E-state index in [4.69, 9.17) is 11.6 Å². The quantitative estimate of drug-likeness (QED) is 0.845. The first-order valence-electron chi connectivity index (χ1n) is 5.47. The van der Waals surface area contributed by atoms with Crippen LogP contribution >= 0.6 is 22.9 Å². The molecule has 0 aliphatic carbocycles. The van der Waals surface area contributed by atoms with E-state index in [1.54, 1.807) is 6.07 Å². The van der Waals surface area contributed by atoms with E-state index in [1.807, 2.05) is 18.2 Å². The third-order valence-corrected chi connectivity index (χ3v) is 3.69. The standard InChI is InChI=1S/C13H12ClF2NS/c14-12-5-4-11(18-12)8-17-7-9-2-1-3-10(6-9)13(15)16/h1-6,13,17H,7-8H2. The molecule has 1 aromatic heterocycles. The van der Waals surface area contributed by atoms with Crippen molar-refractivity contribution in [1.29, 1.82) is 0 Å². The van der Waals surface area contributed by atoms with Crippen LogP contribution in [0.5, 0.6) is 0 Å². The van der Waals surface area contributed by atoms with Crippen LogP contribution in [0.25, 0.3) is 0 Å². The maximum atomic E-state index is 12.5. The number of rotatable bonds is 5. The molecule has 0 amide bonds. The zero-order chi connectivity index (χ0) is 13.0. The van der Waals surface area contributed by atoms with Crippen molar-refractivity contribution >= 4 is 22.9 Å². The summed E-state index contributed by atoms with van der Waals surface area (Å²) in [7, 11) is 0. The molecule has 5 heteroatoms. The minimum atomic E-state index is -2.42. The van der Waals surface area contributed by atoms with Crippen molar-refractivity contribution in [2.24, 2.45) is 0 Å². The molecule has 2 aromatic rings. The van der Waals surface area contributed by atoms with Crippen molar-refractivity contribution in [3.8, 4) is 0 Å². The van der Waals surface area contributed by atoms with Gasteiger partial charge in [0.05, 0.1) is 4.34 Å². The predicted molar refractivity (Wildman–Crippen MR) is 71.3 cm³/mol. The molecule has 1 nitrogen and oxygen atoms in total. The SMILES string of the molecule is FC(F)c1cccc(CNCc2ccc(Cl)s2)c1. The molecule has 0 atom stereocenters. The number of thiophene rings is 1. The van der Waals surface area contributed by atoms with Gasteiger partial charge in [-0.15, -0.1) is 11.3 Å². The van der Waals surface area contributed by atoms with E-state index < -0.39 is 6.43 Å². The van der Waals surface area contributed by atoms with Crippen molar-refractivity contribution in [3.05, 3.63) is 56.7 Å². The number of hydrogen-bond donors (Lipinski definition) is 1. The minimum Gasteiger partial charge on any atom is -0.308 e. The van der Waals surface area contributed by atoms with Crippen molar-refractivity contribution in [2.45, 2.75) is 19.5 Å². The maximum Gasteiger partial charge on any atom is 0.263 e. The maximum absolute atomic E-state index is 12.5. The number of nitrogens with one attached hydrogen (secondary N) is 1. The highest BCUT2D eigenvalue weighted by Crippen LogP contribution is 2.21. The lowest BCUT2D eigenvalue weighted by atomic mass is 10.1. The van der Waals surface area contributed by atoms with E-state index in [2.05, 4.69) is 5.32 Å².